The molecule has 162 valence electrons. The minimum Gasteiger partial charge on any atom is -0.482 e. The van der Waals surface area contributed by atoms with Crippen LogP contribution in [0.15, 0.2) is 66.3 Å². The maximum Gasteiger partial charge on any atom is 0.230 e. The van der Waals surface area contributed by atoms with E-state index in [-0.39, 0.29) is 17.8 Å². The number of hydrogen-bond acceptors (Lipinski definition) is 5. The number of thioether (sulfide) groups is 1. The molecule has 0 aliphatic rings. The zero-order valence-corrected chi connectivity index (χ0v) is 19.0. The van der Waals surface area contributed by atoms with E-state index in [9.17, 15) is 4.79 Å². The highest BCUT2D eigenvalue weighted by molar-refractivity contribution is 7.99. The monoisotopic (exact) mass is 436 g/mol. The summed E-state index contributed by atoms with van der Waals surface area (Å²) in [6.45, 7) is 10.9. The lowest BCUT2D eigenvalue weighted by Gasteiger charge is -2.18. The minimum atomic E-state index is -0.297. The third kappa shape index (κ3) is 5.98. The number of hydrogen-bond donors (Lipinski definition) is 1. The van der Waals surface area contributed by atoms with Crippen molar-refractivity contribution in [2.24, 2.45) is 0 Å². The van der Waals surface area contributed by atoms with Gasteiger partial charge < -0.3 is 10.1 Å². The van der Waals surface area contributed by atoms with Crippen molar-refractivity contribution < 1.29 is 9.53 Å². The fourth-order valence-corrected chi connectivity index (χ4v) is 3.87. The molecule has 1 heterocycles. The molecule has 6 nitrogen and oxygen atoms in total. The van der Waals surface area contributed by atoms with Crippen LogP contribution in [0.3, 0.4) is 0 Å². The van der Waals surface area contributed by atoms with Gasteiger partial charge in [-0.15, -0.1) is 16.8 Å². The van der Waals surface area contributed by atoms with Gasteiger partial charge in [0.25, 0.3) is 0 Å². The summed E-state index contributed by atoms with van der Waals surface area (Å²) in [6.07, 6.45) is 1.49. The lowest BCUT2D eigenvalue weighted by molar-refractivity contribution is -0.118. The first kappa shape index (κ1) is 22.6. The number of aryl methyl sites for hydroxylation is 1. The Morgan fingerprint density at radius 3 is 2.71 bits per heavy atom. The van der Waals surface area contributed by atoms with Crippen molar-refractivity contribution in [2.45, 2.75) is 45.1 Å². The molecule has 0 saturated carbocycles. The first-order valence-corrected chi connectivity index (χ1v) is 11.2. The van der Waals surface area contributed by atoms with Crippen LogP contribution in [0.5, 0.6) is 5.75 Å². The van der Waals surface area contributed by atoms with Crippen LogP contribution in [-0.4, -0.2) is 26.4 Å². The van der Waals surface area contributed by atoms with Crippen molar-refractivity contribution in [3.05, 3.63) is 83.7 Å². The lowest BCUT2D eigenvalue weighted by atomic mass is 10.1. The number of aromatic nitrogens is 3. The van der Waals surface area contributed by atoms with Gasteiger partial charge in [0.15, 0.2) is 17.1 Å². The van der Waals surface area contributed by atoms with Crippen LogP contribution in [0.25, 0.3) is 0 Å². The summed E-state index contributed by atoms with van der Waals surface area (Å²) in [5.74, 6) is 1.74. The molecular weight excluding hydrogens is 408 g/mol. The highest BCUT2D eigenvalue weighted by Crippen LogP contribution is 2.28. The Morgan fingerprint density at radius 2 is 1.97 bits per heavy atom. The molecule has 0 radical (unpaired) electrons. The fourth-order valence-electron chi connectivity index (χ4n) is 3.08. The van der Waals surface area contributed by atoms with E-state index in [1.807, 2.05) is 60.9 Å². The normalized spacial score (nSPS) is 11.7. The van der Waals surface area contributed by atoms with E-state index < -0.39 is 0 Å². The second kappa shape index (κ2) is 10.8. The van der Waals surface area contributed by atoms with E-state index >= 15 is 0 Å². The Bertz CT molecular complexity index is 1030. The van der Waals surface area contributed by atoms with Crippen molar-refractivity contribution in [3.8, 4) is 5.75 Å². The van der Waals surface area contributed by atoms with Crippen molar-refractivity contribution >= 4 is 17.7 Å². The zero-order chi connectivity index (χ0) is 22.2. The van der Waals surface area contributed by atoms with E-state index in [4.69, 9.17) is 4.74 Å². The molecule has 0 bridgehead atoms. The first-order chi connectivity index (χ1) is 15.0. The van der Waals surface area contributed by atoms with Crippen molar-refractivity contribution in [1.82, 2.24) is 20.1 Å². The molecule has 1 N–H and O–H groups in total. The van der Waals surface area contributed by atoms with Crippen LogP contribution in [0.1, 0.15) is 35.5 Å². The molecule has 3 aromatic rings. The molecule has 31 heavy (non-hydrogen) atoms. The van der Waals surface area contributed by atoms with Gasteiger partial charge in [-0.3, -0.25) is 9.36 Å². The van der Waals surface area contributed by atoms with Crippen LogP contribution < -0.4 is 10.1 Å². The van der Waals surface area contributed by atoms with E-state index in [1.54, 1.807) is 6.08 Å². The quantitative estimate of drug-likeness (QED) is 0.371. The smallest absolute Gasteiger partial charge is 0.230 e. The molecule has 1 unspecified atom stereocenters. The zero-order valence-electron chi connectivity index (χ0n) is 18.2. The Hall–Kier alpha value is -3.06. The van der Waals surface area contributed by atoms with Crippen LogP contribution >= 0.6 is 11.8 Å². The summed E-state index contributed by atoms with van der Waals surface area (Å²) < 4.78 is 8.12. The third-order valence-electron chi connectivity index (χ3n) is 4.94. The molecule has 7 heteroatoms. The number of rotatable bonds is 10. The summed E-state index contributed by atoms with van der Waals surface area (Å²) in [5.41, 5.74) is 3.35. The second-order valence-corrected chi connectivity index (χ2v) is 8.19. The number of benzene rings is 2. The predicted molar refractivity (Wildman–Crippen MR) is 124 cm³/mol. The molecular formula is C24H28N4O2S. The van der Waals surface area contributed by atoms with E-state index in [0.29, 0.717) is 24.1 Å². The highest BCUT2D eigenvalue weighted by atomic mass is 32.2. The average molecular weight is 437 g/mol. The third-order valence-corrected chi connectivity index (χ3v) is 5.91. The van der Waals surface area contributed by atoms with Gasteiger partial charge in [0.2, 0.25) is 5.91 Å². The first-order valence-electron chi connectivity index (χ1n) is 10.2. The number of carbonyl (C=O) groups is 1. The van der Waals surface area contributed by atoms with E-state index in [2.05, 4.69) is 35.1 Å². The number of allylic oxidation sites excluding steroid dienone is 1. The molecule has 0 fully saturated rings. The molecule has 3 rings (SSSR count). The number of amides is 1. The molecule has 2 aromatic carbocycles. The Kier molecular flexibility index (Phi) is 7.89. The van der Waals surface area contributed by atoms with Gasteiger partial charge in [-0.05, 0) is 43.5 Å². The number of carbonyl (C=O) groups excluding carboxylic acids is 1. The fraction of sp³-hybridized carbons (Fsp3) is 0.292. The standard InChI is InChI=1S/C24H28N4O2S/c1-5-14-28-23(19(4)30-21-13-9-10-17(2)18(21)3)26-27-24(28)31-16-22(29)25-15-20-11-7-6-8-12-20/h5-13,19H,1,14-16H2,2-4H3,(H,25,29). The van der Waals surface area contributed by atoms with Gasteiger partial charge in [-0.1, -0.05) is 60.3 Å². The molecule has 1 atom stereocenters. The van der Waals surface area contributed by atoms with E-state index in [1.165, 1.54) is 17.3 Å². The summed E-state index contributed by atoms with van der Waals surface area (Å²) in [6, 6.07) is 15.8. The highest BCUT2D eigenvalue weighted by Gasteiger charge is 2.20. The summed E-state index contributed by atoms with van der Waals surface area (Å²) in [5, 5.41) is 12.2. The molecule has 0 aliphatic heterocycles. The van der Waals surface area contributed by atoms with Gasteiger partial charge >= 0.3 is 0 Å². The largest absolute Gasteiger partial charge is 0.482 e. The van der Waals surface area contributed by atoms with Gasteiger partial charge in [-0.2, -0.15) is 0 Å². The van der Waals surface area contributed by atoms with Gasteiger partial charge in [-0.25, -0.2) is 0 Å². The topological polar surface area (TPSA) is 69.0 Å². The van der Waals surface area contributed by atoms with Crippen molar-refractivity contribution in [2.75, 3.05) is 5.75 Å². The van der Waals surface area contributed by atoms with Gasteiger partial charge in [0, 0.05) is 13.1 Å². The van der Waals surface area contributed by atoms with Crippen LogP contribution in [-0.2, 0) is 17.9 Å². The van der Waals surface area contributed by atoms with Crippen LogP contribution in [0.2, 0.25) is 0 Å². The lowest BCUT2D eigenvalue weighted by Crippen LogP contribution is -2.24. The number of ether oxygens (including phenoxy) is 1. The Labute approximate surface area is 187 Å². The maximum atomic E-state index is 12.3. The van der Waals surface area contributed by atoms with Crippen LogP contribution in [0, 0.1) is 13.8 Å². The van der Waals surface area contributed by atoms with Crippen molar-refractivity contribution in [1.29, 1.82) is 0 Å². The Morgan fingerprint density at radius 1 is 1.19 bits per heavy atom. The number of nitrogens with one attached hydrogen (secondary N) is 1. The molecule has 0 aliphatic carbocycles. The summed E-state index contributed by atoms with van der Waals surface area (Å²) in [4.78, 5) is 12.3. The molecule has 0 saturated heterocycles. The Balaban J connectivity index is 1.64. The van der Waals surface area contributed by atoms with Gasteiger partial charge in [0.1, 0.15) is 5.75 Å². The second-order valence-electron chi connectivity index (χ2n) is 7.25. The van der Waals surface area contributed by atoms with Gasteiger partial charge in [0.05, 0.1) is 5.75 Å². The summed E-state index contributed by atoms with van der Waals surface area (Å²) >= 11 is 1.35. The molecule has 0 spiro atoms. The predicted octanol–water partition coefficient (Wildman–Crippen LogP) is 4.63. The van der Waals surface area contributed by atoms with Crippen molar-refractivity contribution in [3.63, 3.8) is 0 Å². The van der Waals surface area contributed by atoms with E-state index in [0.717, 1.165) is 16.9 Å². The summed E-state index contributed by atoms with van der Waals surface area (Å²) in [7, 11) is 0. The molecule has 1 amide bonds. The minimum absolute atomic E-state index is 0.0526. The van der Waals surface area contributed by atoms with Crippen LogP contribution in [0.4, 0.5) is 0 Å². The maximum absolute atomic E-state index is 12.3. The average Bonchev–Trinajstić information content (AvgIpc) is 3.17. The SMILES string of the molecule is C=CCn1c(SCC(=O)NCc2ccccc2)nnc1C(C)Oc1cccc(C)c1C. The molecule has 1 aromatic heterocycles. The number of nitrogens with zero attached hydrogens (tertiary/aromatic N) is 3.